The van der Waals surface area contributed by atoms with Crippen molar-refractivity contribution in [1.29, 1.82) is 0 Å². The number of aromatic nitrogens is 1. The van der Waals surface area contributed by atoms with Crippen LogP contribution in [0.25, 0.3) is 0 Å². The van der Waals surface area contributed by atoms with E-state index in [1.165, 1.54) is 35.5 Å². The first-order valence-electron chi connectivity index (χ1n) is 10.7. The van der Waals surface area contributed by atoms with Crippen molar-refractivity contribution in [3.8, 4) is 0 Å². The Morgan fingerprint density at radius 3 is 2.41 bits per heavy atom. The molecule has 1 aliphatic rings. The molecule has 0 aliphatic carbocycles. The second-order valence-electron chi connectivity index (χ2n) is 7.91. The van der Waals surface area contributed by atoms with Gasteiger partial charge in [0.05, 0.1) is 10.6 Å². The number of benzene rings is 1. The molecular weight excluding hydrogens is 434 g/mol. The van der Waals surface area contributed by atoms with Crippen molar-refractivity contribution in [2.45, 2.75) is 63.9 Å². The van der Waals surface area contributed by atoms with Crippen molar-refractivity contribution in [2.24, 2.45) is 0 Å². The van der Waals surface area contributed by atoms with Crippen LogP contribution in [0.15, 0.2) is 33.7 Å². The summed E-state index contributed by atoms with van der Waals surface area (Å²) in [6.07, 6.45) is 2.29. The molecule has 3 rings (SSSR count). The predicted octanol–water partition coefficient (Wildman–Crippen LogP) is 2.97. The Morgan fingerprint density at radius 1 is 1.16 bits per heavy atom. The maximum atomic E-state index is 12.7. The largest absolute Gasteiger partial charge is 0.453 e. The minimum atomic E-state index is -3.53. The highest BCUT2D eigenvalue weighted by atomic mass is 32.2. The van der Waals surface area contributed by atoms with Gasteiger partial charge in [-0.15, -0.1) is 0 Å². The summed E-state index contributed by atoms with van der Waals surface area (Å²) in [4.78, 5) is 24.7. The zero-order valence-electron chi connectivity index (χ0n) is 18.6. The van der Waals surface area contributed by atoms with Crippen LogP contribution in [-0.4, -0.2) is 48.9 Å². The molecule has 1 saturated heterocycles. The summed E-state index contributed by atoms with van der Waals surface area (Å²) in [6.45, 7) is 6.12. The quantitative estimate of drug-likeness (QED) is 0.598. The number of ether oxygens (including phenoxy) is 1. The van der Waals surface area contributed by atoms with Gasteiger partial charge in [0.2, 0.25) is 10.0 Å². The number of nitrogens with zero attached hydrogens (tertiary/aromatic N) is 2. The number of rotatable bonds is 8. The molecule has 9 nitrogen and oxygen atoms in total. The van der Waals surface area contributed by atoms with E-state index < -0.39 is 28.0 Å². The van der Waals surface area contributed by atoms with Crippen molar-refractivity contribution < 1.29 is 27.3 Å². The highest BCUT2D eigenvalue weighted by molar-refractivity contribution is 7.89. The Bertz CT molecular complexity index is 1040. The van der Waals surface area contributed by atoms with Crippen molar-refractivity contribution in [3.05, 3.63) is 41.3 Å². The van der Waals surface area contributed by atoms with Gasteiger partial charge in [-0.1, -0.05) is 11.6 Å². The summed E-state index contributed by atoms with van der Waals surface area (Å²) in [5, 5.41) is 6.49. The lowest BCUT2D eigenvalue weighted by atomic mass is 10.1. The average Bonchev–Trinajstić information content (AvgIpc) is 3.10. The summed E-state index contributed by atoms with van der Waals surface area (Å²) in [6, 6.07) is 6.00. The molecule has 1 atom stereocenters. The van der Waals surface area contributed by atoms with E-state index in [2.05, 4.69) is 10.5 Å². The summed E-state index contributed by atoms with van der Waals surface area (Å²) < 4.78 is 37.2. The molecule has 2 heterocycles. The molecule has 1 amide bonds. The Hall–Kier alpha value is -2.72. The number of sulfonamides is 1. The summed E-state index contributed by atoms with van der Waals surface area (Å²) >= 11 is 0. The van der Waals surface area contributed by atoms with Gasteiger partial charge in [-0.25, -0.2) is 8.42 Å². The van der Waals surface area contributed by atoms with E-state index in [4.69, 9.17) is 9.26 Å². The Balaban J connectivity index is 1.51. The molecule has 1 aliphatic heterocycles. The minimum Gasteiger partial charge on any atom is -0.453 e. The number of hydrogen-bond donors (Lipinski definition) is 1. The second-order valence-corrected chi connectivity index (χ2v) is 9.85. The maximum absolute atomic E-state index is 12.7. The standard InChI is InChI=1S/C22H29N3O6S/c1-15-20(16(2)31-24-15)11-12-21(26)30-17(3)22(27)23-18-7-9-19(10-8-18)32(28,29)25-13-5-4-6-14-25/h7-10,17H,4-6,11-14H2,1-3H3,(H,23,27)/t17-/m1/s1. The Morgan fingerprint density at radius 2 is 1.81 bits per heavy atom. The van der Waals surface area contributed by atoms with Crippen molar-refractivity contribution >= 4 is 27.6 Å². The smallest absolute Gasteiger partial charge is 0.306 e. The Kier molecular flexibility index (Phi) is 7.68. The summed E-state index contributed by atoms with van der Waals surface area (Å²) in [5.41, 5.74) is 2.01. The van der Waals surface area contributed by atoms with Crippen LogP contribution >= 0.6 is 0 Å². The van der Waals surface area contributed by atoms with Crippen molar-refractivity contribution in [2.75, 3.05) is 18.4 Å². The molecule has 0 spiro atoms. The third-order valence-corrected chi connectivity index (χ3v) is 7.43. The van der Waals surface area contributed by atoms with Crippen LogP contribution in [0.2, 0.25) is 0 Å². The van der Waals surface area contributed by atoms with E-state index in [9.17, 15) is 18.0 Å². The Labute approximate surface area is 188 Å². The third kappa shape index (κ3) is 5.74. The number of nitrogens with one attached hydrogen (secondary N) is 1. The molecule has 0 radical (unpaired) electrons. The highest BCUT2D eigenvalue weighted by Gasteiger charge is 2.26. The first-order valence-corrected chi connectivity index (χ1v) is 12.1. The van der Waals surface area contributed by atoms with E-state index >= 15 is 0 Å². The zero-order valence-corrected chi connectivity index (χ0v) is 19.4. The van der Waals surface area contributed by atoms with Gasteiger partial charge in [0.25, 0.3) is 5.91 Å². The van der Waals surface area contributed by atoms with E-state index in [0.29, 0.717) is 31.0 Å². The van der Waals surface area contributed by atoms with Crippen LogP contribution in [0.4, 0.5) is 5.69 Å². The van der Waals surface area contributed by atoms with Gasteiger partial charge in [-0.2, -0.15) is 4.31 Å². The van der Waals surface area contributed by atoms with Gasteiger partial charge in [0.1, 0.15) is 5.76 Å². The molecule has 0 bridgehead atoms. The van der Waals surface area contributed by atoms with Crippen LogP contribution in [0.1, 0.15) is 49.6 Å². The SMILES string of the molecule is Cc1noc(C)c1CCC(=O)O[C@H](C)C(=O)Nc1ccc(S(=O)(=O)N2CCCCC2)cc1. The van der Waals surface area contributed by atoms with Gasteiger partial charge in [-0.05, 0) is 64.3 Å². The zero-order chi connectivity index (χ0) is 23.3. The fourth-order valence-corrected chi connectivity index (χ4v) is 5.12. The number of piperidine rings is 1. The van der Waals surface area contributed by atoms with E-state index in [0.717, 1.165) is 30.5 Å². The summed E-state index contributed by atoms with van der Waals surface area (Å²) in [7, 11) is -3.53. The predicted molar refractivity (Wildman–Crippen MR) is 118 cm³/mol. The molecule has 1 aromatic carbocycles. The van der Waals surface area contributed by atoms with Gasteiger partial charge in [0.15, 0.2) is 6.10 Å². The molecule has 174 valence electrons. The number of amides is 1. The number of anilines is 1. The lowest BCUT2D eigenvalue weighted by Crippen LogP contribution is -2.35. The fraction of sp³-hybridized carbons (Fsp3) is 0.500. The summed E-state index contributed by atoms with van der Waals surface area (Å²) in [5.74, 6) is -0.343. The normalized spacial score (nSPS) is 15.8. The molecule has 32 heavy (non-hydrogen) atoms. The molecule has 10 heteroatoms. The highest BCUT2D eigenvalue weighted by Crippen LogP contribution is 2.22. The number of hydrogen-bond acceptors (Lipinski definition) is 7. The molecule has 1 fully saturated rings. The minimum absolute atomic E-state index is 0.101. The van der Waals surface area contributed by atoms with Gasteiger partial charge in [-0.3, -0.25) is 9.59 Å². The van der Waals surface area contributed by atoms with E-state index in [1.807, 2.05) is 0 Å². The van der Waals surface area contributed by atoms with Crippen LogP contribution in [-0.2, 0) is 30.8 Å². The lowest BCUT2D eigenvalue weighted by molar-refractivity contribution is -0.153. The van der Waals surface area contributed by atoms with Crippen LogP contribution in [0.5, 0.6) is 0 Å². The number of aryl methyl sites for hydroxylation is 2. The number of carbonyl (C=O) groups excluding carboxylic acids is 2. The van der Waals surface area contributed by atoms with E-state index in [1.54, 1.807) is 13.8 Å². The van der Waals surface area contributed by atoms with Crippen molar-refractivity contribution in [1.82, 2.24) is 9.46 Å². The molecule has 0 saturated carbocycles. The molecular formula is C22H29N3O6S. The third-order valence-electron chi connectivity index (χ3n) is 5.51. The fourth-order valence-electron chi connectivity index (χ4n) is 3.60. The molecule has 0 unspecified atom stereocenters. The van der Waals surface area contributed by atoms with E-state index in [-0.39, 0.29) is 11.3 Å². The average molecular weight is 464 g/mol. The number of esters is 1. The molecule has 2 aromatic rings. The first kappa shape index (κ1) is 23.9. The lowest BCUT2D eigenvalue weighted by Gasteiger charge is -2.25. The van der Waals surface area contributed by atoms with Gasteiger partial charge < -0.3 is 14.6 Å². The first-order chi connectivity index (χ1) is 15.2. The van der Waals surface area contributed by atoms with Gasteiger partial charge in [0, 0.05) is 30.8 Å². The molecule has 1 aromatic heterocycles. The van der Waals surface area contributed by atoms with Gasteiger partial charge >= 0.3 is 5.97 Å². The molecule has 1 N–H and O–H groups in total. The van der Waals surface area contributed by atoms with Crippen LogP contribution in [0.3, 0.4) is 0 Å². The van der Waals surface area contributed by atoms with Crippen LogP contribution < -0.4 is 5.32 Å². The second kappa shape index (κ2) is 10.3. The van der Waals surface area contributed by atoms with Crippen molar-refractivity contribution in [3.63, 3.8) is 0 Å². The number of carbonyl (C=O) groups is 2. The maximum Gasteiger partial charge on any atom is 0.306 e. The van der Waals surface area contributed by atoms with Crippen LogP contribution in [0, 0.1) is 13.8 Å². The topological polar surface area (TPSA) is 119 Å². The monoisotopic (exact) mass is 463 g/mol.